The Morgan fingerprint density at radius 1 is 1.03 bits per heavy atom. The van der Waals surface area contributed by atoms with Gasteiger partial charge in [-0.1, -0.05) is 62.4 Å². The van der Waals surface area contributed by atoms with Gasteiger partial charge < -0.3 is 9.84 Å². The summed E-state index contributed by atoms with van der Waals surface area (Å²) in [5.74, 6) is -1.27. The van der Waals surface area contributed by atoms with E-state index in [0.29, 0.717) is 5.56 Å². The molecular weight excluding hydrogens is 416 g/mol. The molecule has 33 heavy (non-hydrogen) atoms. The van der Waals surface area contributed by atoms with Gasteiger partial charge in [0.2, 0.25) is 0 Å². The van der Waals surface area contributed by atoms with Gasteiger partial charge in [-0.2, -0.15) is 0 Å². The molecule has 1 atom stereocenters. The van der Waals surface area contributed by atoms with Gasteiger partial charge in [0.25, 0.3) is 0 Å². The van der Waals surface area contributed by atoms with Crippen LogP contribution in [-0.2, 0) is 16.0 Å². The van der Waals surface area contributed by atoms with Crippen molar-refractivity contribution in [1.82, 2.24) is 9.38 Å². The summed E-state index contributed by atoms with van der Waals surface area (Å²) in [4.78, 5) is 28.7. The van der Waals surface area contributed by atoms with Crippen molar-refractivity contribution in [2.45, 2.75) is 39.7 Å². The lowest BCUT2D eigenvalue weighted by atomic mass is 9.96. The highest BCUT2D eigenvalue weighted by Gasteiger charge is 2.23. The van der Waals surface area contributed by atoms with Crippen LogP contribution in [0.5, 0.6) is 0 Å². The molecule has 0 aliphatic rings. The number of hydrogen-bond acceptors (Lipinski definition) is 4. The smallest absolute Gasteiger partial charge is 0.336 e. The highest BCUT2D eigenvalue weighted by atomic mass is 16.5. The van der Waals surface area contributed by atoms with Crippen molar-refractivity contribution >= 4 is 17.6 Å². The van der Waals surface area contributed by atoms with Crippen LogP contribution in [0, 0.1) is 6.92 Å². The number of aromatic nitrogens is 2. The van der Waals surface area contributed by atoms with E-state index in [9.17, 15) is 14.7 Å². The predicted octanol–water partition coefficient (Wildman–Crippen LogP) is 5.61. The number of imidazole rings is 1. The van der Waals surface area contributed by atoms with E-state index >= 15 is 0 Å². The predicted molar refractivity (Wildman–Crippen MR) is 126 cm³/mol. The molecule has 0 aliphatic heterocycles. The third kappa shape index (κ3) is 4.37. The molecule has 0 aliphatic carbocycles. The number of nitrogens with zero attached hydrogens (tertiary/aromatic N) is 2. The molecule has 6 heteroatoms. The third-order valence-electron chi connectivity index (χ3n) is 5.74. The molecule has 168 valence electrons. The van der Waals surface area contributed by atoms with Crippen molar-refractivity contribution in [3.8, 4) is 11.1 Å². The highest BCUT2D eigenvalue weighted by Crippen LogP contribution is 2.31. The Labute approximate surface area is 192 Å². The maximum atomic E-state index is 12.3. The summed E-state index contributed by atoms with van der Waals surface area (Å²) < 4.78 is 7.88. The molecule has 2 aromatic carbocycles. The van der Waals surface area contributed by atoms with Gasteiger partial charge in [-0.15, -0.1) is 0 Å². The molecular formula is C27H26N2O4. The van der Waals surface area contributed by atoms with Gasteiger partial charge in [-0.25, -0.2) is 9.78 Å². The second kappa shape index (κ2) is 9.28. The molecule has 4 aromatic rings. The first-order chi connectivity index (χ1) is 15.9. The molecule has 6 nitrogen and oxygen atoms in total. The zero-order chi connectivity index (χ0) is 23.5. The third-order valence-corrected chi connectivity index (χ3v) is 5.74. The molecule has 4 rings (SSSR count). The van der Waals surface area contributed by atoms with Gasteiger partial charge in [0.1, 0.15) is 5.65 Å². The fourth-order valence-corrected chi connectivity index (χ4v) is 3.93. The van der Waals surface area contributed by atoms with Crippen LogP contribution in [0.1, 0.15) is 59.2 Å². The second-order valence-electron chi connectivity index (χ2n) is 7.92. The van der Waals surface area contributed by atoms with Crippen LogP contribution in [0.15, 0.2) is 66.9 Å². The molecule has 0 bridgehead atoms. The van der Waals surface area contributed by atoms with Gasteiger partial charge in [-0.3, -0.25) is 9.20 Å². The first-order valence-corrected chi connectivity index (χ1v) is 11.0. The van der Waals surface area contributed by atoms with Crippen molar-refractivity contribution in [2.24, 2.45) is 0 Å². The monoisotopic (exact) mass is 442 g/mol. The Morgan fingerprint density at radius 2 is 1.76 bits per heavy atom. The van der Waals surface area contributed by atoms with Gasteiger partial charge in [0.05, 0.1) is 17.0 Å². The number of carbonyl (C=O) groups excluding carboxylic acids is 1. The molecule has 0 saturated carbocycles. The fraction of sp³-hybridized carbons (Fsp3) is 0.222. The standard InChI is InChI=1S/C27H26N2O4/c1-4-20-16-29-23(15-10-17(3)26(29)28-20)25(33-24(30)5-2)19-13-11-18(12-14-19)21-8-6-7-9-22(21)27(31)32/h6-16,25H,4-5H2,1-3H3,(H,31,32). The van der Waals surface area contributed by atoms with Crippen molar-refractivity contribution in [1.29, 1.82) is 0 Å². The first-order valence-electron chi connectivity index (χ1n) is 11.0. The Morgan fingerprint density at radius 3 is 2.42 bits per heavy atom. The van der Waals surface area contributed by atoms with Crippen LogP contribution >= 0.6 is 0 Å². The van der Waals surface area contributed by atoms with Gasteiger partial charge in [-0.05, 0) is 47.7 Å². The summed E-state index contributed by atoms with van der Waals surface area (Å²) in [6.07, 6.45) is 2.43. The largest absolute Gasteiger partial charge is 0.478 e. The van der Waals surface area contributed by atoms with Crippen LogP contribution in [0.25, 0.3) is 16.8 Å². The van der Waals surface area contributed by atoms with E-state index < -0.39 is 12.1 Å². The molecule has 2 aromatic heterocycles. The van der Waals surface area contributed by atoms with Gasteiger partial charge in [0, 0.05) is 12.6 Å². The van der Waals surface area contributed by atoms with E-state index in [1.165, 1.54) is 0 Å². The Balaban J connectivity index is 1.81. The Kier molecular flexibility index (Phi) is 6.27. The van der Waals surface area contributed by atoms with E-state index in [2.05, 4.69) is 6.92 Å². The number of benzene rings is 2. The van der Waals surface area contributed by atoms with Gasteiger partial charge >= 0.3 is 11.9 Å². The topological polar surface area (TPSA) is 80.9 Å². The van der Waals surface area contributed by atoms with Crippen LogP contribution in [-0.4, -0.2) is 26.4 Å². The lowest BCUT2D eigenvalue weighted by Gasteiger charge is -2.21. The first kappa shape index (κ1) is 22.3. The van der Waals surface area contributed by atoms with Crippen LogP contribution in [0.4, 0.5) is 0 Å². The number of carboxylic acid groups (broad SMARTS) is 1. The number of aromatic carboxylic acids is 1. The molecule has 0 fully saturated rings. The van der Waals surface area contributed by atoms with E-state index in [4.69, 9.17) is 9.72 Å². The van der Waals surface area contributed by atoms with Crippen LogP contribution < -0.4 is 0 Å². The van der Waals surface area contributed by atoms with Crippen molar-refractivity contribution < 1.29 is 19.4 Å². The average molecular weight is 443 g/mol. The zero-order valence-electron chi connectivity index (χ0n) is 18.9. The highest BCUT2D eigenvalue weighted by molar-refractivity contribution is 5.96. The summed E-state index contributed by atoms with van der Waals surface area (Å²) in [5, 5.41) is 9.52. The molecule has 0 amide bonds. The molecule has 1 N–H and O–H groups in total. The average Bonchev–Trinajstić information content (AvgIpc) is 3.29. The summed E-state index contributed by atoms with van der Waals surface area (Å²) in [6, 6.07) is 18.3. The van der Waals surface area contributed by atoms with Crippen LogP contribution in [0.3, 0.4) is 0 Å². The number of carboxylic acids is 1. The summed E-state index contributed by atoms with van der Waals surface area (Å²) >= 11 is 0. The number of fused-ring (bicyclic) bond motifs is 1. The second-order valence-corrected chi connectivity index (χ2v) is 7.92. The minimum absolute atomic E-state index is 0.241. The van der Waals surface area contributed by atoms with E-state index in [0.717, 1.165) is 40.1 Å². The van der Waals surface area contributed by atoms with Crippen LogP contribution in [0.2, 0.25) is 0 Å². The number of rotatable bonds is 7. The molecule has 0 spiro atoms. The number of pyridine rings is 1. The van der Waals surface area contributed by atoms with E-state index in [1.54, 1.807) is 25.1 Å². The van der Waals surface area contributed by atoms with Crippen molar-refractivity contribution in [3.05, 3.63) is 94.9 Å². The molecule has 0 saturated heterocycles. The zero-order valence-corrected chi connectivity index (χ0v) is 18.9. The summed E-state index contributed by atoms with van der Waals surface area (Å²) in [7, 11) is 0. The number of ether oxygens (including phenoxy) is 1. The molecule has 1 unspecified atom stereocenters. The Bertz CT molecular complexity index is 1320. The number of esters is 1. The summed E-state index contributed by atoms with van der Waals surface area (Å²) in [6.45, 7) is 5.83. The molecule has 2 heterocycles. The number of hydrogen-bond donors (Lipinski definition) is 1. The maximum absolute atomic E-state index is 12.3. The molecule has 0 radical (unpaired) electrons. The minimum Gasteiger partial charge on any atom is -0.478 e. The number of aryl methyl sites for hydroxylation is 2. The lowest BCUT2D eigenvalue weighted by molar-refractivity contribution is -0.147. The van der Waals surface area contributed by atoms with Crippen molar-refractivity contribution in [3.63, 3.8) is 0 Å². The Hall–Kier alpha value is -3.93. The minimum atomic E-state index is -0.974. The van der Waals surface area contributed by atoms with E-state index in [-0.39, 0.29) is 18.0 Å². The van der Waals surface area contributed by atoms with E-state index in [1.807, 2.05) is 60.0 Å². The van der Waals surface area contributed by atoms with Gasteiger partial charge in [0.15, 0.2) is 6.10 Å². The van der Waals surface area contributed by atoms with Crippen molar-refractivity contribution in [2.75, 3.05) is 0 Å². The SMILES string of the molecule is CCC(=O)OC(c1ccc(-c2ccccc2C(=O)O)cc1)c1ccc(C)c2nc(CC)cn12. The quantitative estimate of drug-likeness (QED) is 0.376. The maximum Gasteiger partial charge on any atom is 0.336 e. The fourth-order valence-electron chi connectivity index (χ4n) is 3.93. The normalized spacial score (nSPS) is 12.0. The lowest BCUT2D eigenvalue weighted by Crippen LogP contribution is -2.15. The number of carbonyl (C=O) groups is 2. The summed E-state index contributed by atoms with van der Waals surface area (Å²) in [5.41, 5.74) is 6.11.